The van der Waals surface area contributed by atoms with Crippen LogP contribution in [0.15, 0.2) is 30.3 Å². The molecular weight excluding hydrogens is 226 g/mol. The number of aryl methyl sites for hydroxylation is 2. The second-order valence-corrected chi connectivity index (χ2v) is 4.45. The maximum atomic E-state index is 12.4. The number of hydrogen-bond acceptors (Lipinski definition) is 2. The number of carbonyl (C=O) groups is 2. The SMILES string of the molecule is Cc1ccc(C(=O)n2c(C)cc(C=O)c2C)cc1. The third kappa shape index (κ3) is 1.99. The number of nitrogens with zero attached hydrogens (tertiary/aromatic N) is 1. The molecule has 1 heterocycles. The van der Waals surface area contributed by atoms with Gasteiger partial charge in [0.25, 0.3) is 5.91 Å². The fourth-order valence-corrected chi connectivity index (χ4v) is 2.04. The van der Waals surface area contributed by atoms with Crippen molar-refractivity contribution in [3.63, 3.8) is 0 Å². The highest BCUT2D eigenvalue weighted by atomic mass is 16.2. The minimum atomic E-state index is -0.0990. The lowest BCUT2D eigenvalue weighted by Crippen LogP contribution is -2.15. The molecule has 18 heavy (non-hydrogen) atoms. The van der Waals surface area contributed by atoms with Crippen molar-refractivity contribution >= 4 is 12.2 Å². The molecule has 92 valence electrons. The highest BCUT2D eigenvalue weighted by Gasteiger charge is 2.15. The number of carbonyl (C=O) groups excluding carboxylic acids is 2. The van der Waals surface area contributed by atoms with E-state index in [1.807, 2.05) is 26.0 Å². The Morgan fingerprint density at radius 1 is 1.11 bits per heavy atom. The van der Waals surface area contributed by atoms with E-state index >= 15 is 0 Å². The van der Waals surface area contributed by atoms with Crippen LogP contribution in [0, 0.1) is 20.8 Å². The third-order valence-electron chi connectivity index (χ3n) is 3.10. The van der Waals surface area contributed by atoms with Gasteiger partial charge in [-0.05, 0) is 39.0 Å². The molecule has 3 nitrogen and oxygen atoms in total. The first kappa shape index (κ1) is 12.3. The Balaban J connectivity index is 2.49. The van der Waals surface area contributed by atoms with Gasteiger partial charge in [0.1, 0.15) is 0 Å². The second kappa shape index (κ2) is 4.61. The number of benzene rings is 1. The number of rotatable bonds is 2. The van der Waals surface area contributed by atoms with E-state index < -0.39 is 0 Å². The highest BCUT2D eigenvalue weighted by molar-refractivity contribution is 5.98. The maximum absolute atomic E-state index is 12.4. The zero-order chi connectivity index (χ0) is 13.3. The van der Waals surface area contributed by atoms with E-state index in [0.717, 1.165) is 17.5 Å². The van der Waals surface area contributed by atoms with Crippen molar-refractivity contribution in [3.8, 4) is 0 Å². The van der Waals surface area contributed by atoms with Crippen molar-refractivity contribution < 1.29 is 9.59 Å². The van der Waals surface area contributed by atoms with Gasteiger partial charge in [0.05, 0.1) is 0 Å². The molecule has 0 amide bonds. The van der Waals surface area contributed by atoms with Crippen molar-refractivity contribution in [2.24, 2.45) is 0 Å². The van der Waals surface area contributed by atoms with Crippen molar-refractivity contribution in [2.45, 2.75) is 20.8 Å². The Hall–Kier alpha value is -2.16. The van der Waals surface area contributed by atoms with E-state index in [9.17, 15) is 9.59 Å². The van der Waals surface area contributed by atoms with Crippen molar-refractivity contribution in [1.82, 2.24) is 4.57 Å². The summed E-state index contributed by atoms with van der Waals surface area (Å²) >= 11 is 0. The zero-order valence-electron chi connectivity index (χ0n) is 10.7. The molecule has 0 bridgehead atoms. The van der Waals surface area contributed by atoms with Crippen LogP contribution in [0.1, 0.15) is 37.7 Å². The lowest BCUT2D eigenvalue weighted by molar-refractivity contribution is 0.0956. The Labute approximate surface area is 106 Å². The molecule has 3 heteroatoms. The summed E-state index contributed by atoms with van der Waals surface area (Å²) in [4.78, 5) is 23.2. The number of aromatic nitrogens is 1. The monoisotopic (exact) mass is 241 g/mol. The van der Waals surface area contributed by atoms with Gasteiger partial charge in [-0.1, -0.05) is 17.7 Å². The van der Waals surface area contributed by atoms with E-state index in [1.165, 1.54) is 0 Å². The summed E-state index contributed by atoms with van der Waals surface area (Å²) in [5, 5.41) is 0. The van der Waals surface area contributed by atoms with Crippen LogP contribution in [0.3, 0.4) is 0 Å². The molecule has 0 aliphatic rings. The van der Waals surface area contributed by atoms with Crippen LogP contribution in [-0.2, 0) is 0 Å². The highest BCUT2D eigenvalue weighted by Crippen LogP contribution is 2.16. The molecule has 0 saturated carbocycles. The van der Waals surface area contributed by atoms with Crippen molar-refractivity contribution in [3.05, 3.63) is 58.4 Å². The molecule has 1 aromatic carbocycles. The molecule has 0 aliphatic heterocycles. The fraction of sp³-hybridized carbons (Fsp3) is 0.200. The van der Waals surface area contributed by atoms with Gasteiger partial charge in [-0.25, -0.2) is 0 Å². The first-order chi connectivity index (χ1) is 8.54. The minimum Gasteiger partial charge on any atom is -0.298 e. The Bertz CT molecular complexity index is 606. The van der Waals surface area contributed by atoms with Gasteiger partial charge in [-0.2, -0.15) is 0 Å². The average Bonchev–Trinajstić information content (AvgIpc) is 2.64. The van der Waals surface area contributed by atoms with Gasteiger partial charge >= 0.3 is 0 Å². The van der Waals surface area contributed by atoms with Gasteiger partial charge in [0.2, 0.25) is 0 Å². The van der Waals surface area contributed by atoms with Crippen LogP contribution in [-0.4, -0.2) is 16.8 Å². The van der Waals surface area contributed by atoms with E-state index in [1.54, 1.807) is 29.7 Å². The smallest absolute Gasteiger partial charge is 0.262 e. The summed E-state index contributed by atoms with van der Waals surface area (Å²) in [6, 6.07) is 9.15. The standard InChI is InChI=1S/C15H15NO2/c1-10-4-6-13(7-5-10)15(18)16-11(2)8-14(9-17)12(16)3/h4-9H,1-3H3. The summed E-state index contributed by atoms with van der Waals surface area (Å²) in [5.41, 5.74) is 3.77. The quantitative estimate of drug-likeness (QED) is 0.758. The van der Waals surface area contributed by atoms with Crippen LogP contribution in [0.2, 0.25) is 0 Å². The Morgan fingerprint density at radius 3 is 2.22 bits per heavy atom. The average molecular weight is 241 g/mol. The van der Waals surface area contributed by atoms with Gasteiger partial charge in [-0.3, -0.25) is 14.2 Å². The minimum absolute atomic E-state index is 0.0990. The molecule has 2 rings (SSSR count). The molecule has 0 spiro atoms. The Morgan fingerprint density at radius 2 is 1.72 bits per heavy atom. The van der Waals surface area contributed by atoms with Crippen LogP contribution in [0.4, 0.5) is 0 Å². The molecule has 0 aliphatic carbocycles. The maximum Gasteiger partial charge on any atom is 0.262 e. The summed E-state index contributed by atoms with van der Waals surface area (Å²) in [6.45, 7) is 5.58. The Kier molecular flexibility index (Phi) is 3.15. The third-order valence-corrected chi connectivity index (χ3v) is 3.10. The molecule has 0 fully saturated rings. The molecule has 2 aromatic rings. The number of aldehydes is 1. The van der Waals surface area contributed by atoms with Crippen LogP contribution < -0.4 is 0 Å². The summed E-state index contributed by atoms with van der Waals surface area (Å²) in [5.74, 6) is -0.0990. The van der Waals surface area contributed by atoms with E-state index in [0.29, 0.717) is 16.8 Å². The fourth-order valence-electron chi connectivity index (χ4n) is 2.04. The summed E-state index contributed by atoms with van der Waals surface area (Å²) < 4.78 is 1.58. The molecule has 0 saturated heterocycles. The van der Waals surface area contributed by atoms with Crippen LogP contribution >= 0.6 is 0 Å². The normalized spacial score (nSPS) is 10.4. The largest absolute Gasteiger partial charge is 0.298 e. The van der Waals surface area contributed by atoms with Gasteiger partial charge in [-0.15, -0.1) is 0 Å². The van der Waals surface area contributed by atoms with Crippen LogP contribution in [0.25, 0.3) is 0 Å². The molecule has 0 unspecified atom stereocenters. The number of hydrogen-bond donors (Lipinski definition) is 0. The van der Waals surface area contributed by atoms with Gasteiger partial charge in [0.15, 0.2) is 6.29 Å². The van der Waals surface area contributed by atoms with Crippen LogP contribution in [0.5, 0.6) is 0 Å². The second-order valence-electron chi connectivity index (χ2n) is 4.45. The van der Waals surface area contributed by atoms with E-state index in [4.69, 9.17) is 0 Å². The first-order valence-electron chi connectivity index (χ1n) is 5.80. The zero-order valence-corrected chi connectivity index (χ0v) is 10.7. The lowest BCUT2D eigenvalue weighted by Gasteiger charge is -2.08. The topological polar surface area (TPSA) is 39.1 Å². The summed E-state index contributed by atoms with van der Waals surface area (Å²) in [7, 11) is 0. The molecule has 0 atom stereocenters. The molecule has 1 aromatic heterocycles. The first-order valence-corrected chi connectivity index (χ1v) is 5.80. The van der Waals surface area contributed by atoms with E-state index in [-0.39, 0.29) is 5.91 Å². The predicted octanol–water partition coefficient (Wildman–Crippen LogP) is 2.91. The molecule has 0 N–H and O–H groups in total. The van der Waals surface area contributed by atoms with Gasteiger partial charge < -0.3 is 0 Å². The van der Waals surface area contributed by atoms with Gasteiger partial charge in [0, 0.05) is 22.5 Å². The molecule has 0 radical (unpaired) electrons. The van der Waals surface area contributed by atoms with E-state index in [2.05, 4.69) is 0 Å². The summed E-state index contributed by atoms with van der Waals surface area (Å²) in [6.07, 6.45) is 0.779. The lowest BCUT2D eigenvalue weighted by atomic mass is 10.1. The van der Waals surface area contributed by atoms with Crippen molar-refractivity contribution in [2.75, 3.05) is 0 Å². The predicted molar refractivity (Wildman–Crippen MR) is 70.2 cm³/mol. The van der Waals surface area contributed by atoms with Crippen molar-refractivity contribution in [1.29, 1.82) is 0 Å². The molecular formula is C15H15NO2.